The molecule has 1 heterocycles. The van der Waals surface area contributed by atoms with Gasteiger partial charge >= 0.3 is 6.03 Å². The van der Waals surface area contributed by atoms with Crippen molar-refractivity contribution in [3.63, 3.8) is 0 Å². The third-order valence-electron chi connectivity index (χ3n) is 4.35. The number of thioether (sulfide) groups is 2. The third kappa shape index (κ3) is 4.59. The number of amides is 2. The summed E-state index contributed by atoms with van der Waals surface area (Å²) in [5.74, 6) is 3.25. The summed E-state index contributed by atoms with van der Waals surface area (Å²) in [5.41, 5.74) is 2.19. The molecule has 2 amide bonds. The highest BCUT2D eigenvalue weighted by molar-refractivity contribution is 8.19. The molecule has 0 spiro atoms. The molecule has 0 aromatic heterocycles. The molecular weight excluding hydrogens is 312 g/mol. The maximum absolute atomic E-state index is 12.0. The highest BCUT2D eigenvalue weighted by Gasteiger charge is 2.18. The van der Waals surface area contributed by atoms with E-state index < -0.39 is 0 Å². The van der Waals surface area contributed by atoms with Crippen molar-refractivity contribution >= 4 is 35.2 Å². The molecule has 1 saturated heterocycles. The summed E-state index contributed by atoms with van der Waals surface area (Å²) in [4.78, 5) is 12.0. The second-order valence-electron chi connectivity index (χ2n) is 6.02. The van der Waals surface area contributed by atoms with Crippen LogP contribution in [0.1, 0.15) is 42.2 Å². The van der Waals surface area contributed by atoms with Gasteiger partial charge < -0.3 is 10.6 Å². The number of carbonyl (C=O) groups is 1. The van der Waals surface area contributed by atoms with Crippen molar-refractivity contribution < 1.29 is 4.79 Å². The smallest absolute Gasteiger partial charge is 0.319 e. The van der Waals surface area contributed by atoms with E-state index in [2.05, 4.69) is 22.8 Å². The predicted octanol–water partition coefficient (Wildman–Crippen LogP) is 4.87. The van der Waals surface area contributed by atoms with Gasteiger partial charge in [-0.3, -0.25) is 0 Å². The first-order valence-corrected chi connectivity index (χ1v) is 10.3. The summed E-state index contributed by atoms with van der Waals surface area (Å²) in [6.07, 6.45) is 6.51. The zero-order valence-electron chi connectivity index (χ0n) is 12.8. The van der Waals surface area contributed by atoms with Crippen LogP contribution in [-0.4, -0.2) is 24.1 Å². The predicted molar refractivity (Wildman–Crippen MR) is 97.7 cm³/mol. The molecule has 0 atom stereocenters. The molecule has 2 fully saturated rings. The minimum Gasteiger partial charge on any atom is -0.338 e. The molecular formula is C17H24N2OS2. The van der Waals surface area contributed by atoms with E-state index in [1.807, 2.05) is 35.7 Å². The van der Waals surface area contributed by atoms with Crippen molar-refractivity contribution in [2.75, 3.05) is 23.4 Å². The van der Waals surface area contributed by atoms with Gasteiger partial charge in [0.25, 0.3) is 0 Å². The van der Waals surface area contributed by atoms with Crippen LogP contribution in [0, 0.1) is 5.92 Å². The number of carbonyl (C=O) groups excluding carboxylic acids is 1. The number of benzene rings is 1. The molecule has 1 aliphatic heterocycles. The fourth-order valence-electron chi connectivity index (χ4n) is 3.18. The highest BCUT2D eigenvalue weighted by atomic mass is 32.2. The lowest BCUT2D eigenvalue weighted by Crippen LogP contribution is -2.30. The second kappa shape index (κ2) is 8.16. The maximum atomic E-state index is 12.0. The van der Waals surface area contributed by atoms with E-state index in [1.165, 1.54) is 42.8 Å². The van der Waals surface area contributed by atoms with Crippen LogP contribution in [0.4, 0.5) is 10.5 Å². The SMILES string of the molecule is O=C(NCCC1CCCC1)Nc1cccc(C2SCCS2)c1. The molecule has 0 radical (unpaired) electrons. The minimum absolute atomic E-state index is 0.0816. The highest BCUT2D eigenvalue weighted by Crippen LogP contribution is 2.45. The number of urea groups is 1. The van der Waals surface area contributed by atoms with Crippen LogP contribution in [0.25, 0.3) is 0 Å². The normalized spacial score (nSPS) is 19.5. The number of hydrogen-bond donors (Lipinski definition) is 2. The topological polar surface area (TPSA) is 41.1 Å². The standard InChI is InChI=1S/C17H24N2OS2/c20-17(18-9-8-13-4-1-2-5-13)19-15-7-3-6-14(12-15)16-21-10-11-22-16/h3,6-7,12-13,16H,1-2,4-5,8-11H2,(H2,18,19,20). The summed E-state index contributed by atoms with van der Waals surface area (Å²) < 4.78 is 0.521. The molecule has 5 heteroatoms. The molecule has 2 N–H and O–H groups in total. The molecule has 1 aliphatic carbocycles. The monoisotopic (exact) mass is 336 g/mol. The molecule has 22 heavy (non-hydrogen) atoms. The van der Waals surface area contributed by atoms with Crippen molar-refractivity contribution in [2.24, 2.45) is 5.92 Å². The van der Waals surface area contributed by atoms with Crippen molar-refractivity contribution in [2.45, 2.75) is 36.7 Å². The fraction of sp³-hybridized carbons (Fsp3) is 0.588. The largest absolute Gasteiger partial charge is 0.338 e. The molecule has 1 aromatic carbocycles. The Balaban J connectivity index is 1.45. The summed E-state index contributed by atoms with van der Waals surface area (Å²) in [7, 11) is 0. The van der Waals surface area contributed by atoms with Gasteiger partial charge in [-0.1, -0.05) is 37.8 Å². The minimum atomic E-state index is -0.0816. The van der Waals surface area contributed by atoms with Gasteiger partial charge in [0.2, 0.25) is 0 Å². The molecule has 120 valence electrons. The van der Waals surface area contributed by atoms with Gasteiger partial charge in [0, 0.05) is 23.7 Å². The Bertz CT molecular complexity index is 497. The Morgan fingerprint density at radius 2 is 1.95 bits per heavy atom. The van der Waals surface area contributed by atoms with Crippen LogP contribution in [0.2, 0.25) is 0 Å². The van der Waals surface area contributed by atoms with Crippen molar-refractivity contribution in [3.05, 3.63) is 29.8 Å². The maximum Gasteiger partial charge on any atom is 0.319 e. The lowest BCUT2D eigenvalue weighted by atomic mass is 10.0. The average Bonchev–Trinajstić information content (AvgIpc) is 3.21. The molecule has 0 bridgehead atoms. The molecule has 1 saturated carbocycles. The van der Waals surface area contributed by atoms with Gasteiger partial charge in [0.1, 0.15) is 0 Å². The third-order valence-corrected chi connectivity index (χ3v) is 7.46. The first-order chi connectivity index (χ1) is 10.8. The summed E-state index contributed by atoms with van der Waals surface area (Å²) >= 11 is 3.97. The van der Waals surface area contributed by atoms with Crippen molar-refractivity contribution in [1.82, 2.24) is 5.32 Å². The van der Waals surface area contributed by atoms with Gasteiger partial charge in [-0.05, 0) is 30.0 Å². The number of hydrogen-bond acceptors (Lipinski definition) is 3. The van der Waals surface area contributed by atoms with Crippen LogP contribution in [0.15, 0.2) is 24.3 Å². The average molecular weight is 337 g/mol. The van der Waals surface area contributed by atoms with Gasteiger partial charge in [-0.15, -0.1) is 23.5 Å². The first-order valence-electron chi connectivity index (χ1n) is 8.19. The van der Waals surface area contributed by atoms with E-state index in [4.69, 9.17) is 0 Å². The van der Waals surface area contributed by atoms with Crippen LogP contribution in [-0.2, 0) is 0 Å². The lowest BCUT2D eigenvalue weighted by molar-refractivity contribution is 0.251. The van der Waals surface area contributed by atoms with Crippen LogP contribution < -0.4 is 10.6 Å². The van der Waals surface area contributed by atoms with E-state index in [0.29, 0.717) is 4.58 Å². The Morgan fingerprint density at radius 1 is 1.18 bits per heavy atom. The Kier molecular flexibility index (Phi) is 5.96. The molecule has 3 nitrogen and oxygen atoms in total. The quantitative estimate of drug-likeness (QED) is 0.806. The van der Waals surface area contributed by atoms with Crippen molar-refractivity contribution in [1.29, 1.82) is 0 Å². The van der Waals surface area contributed by atoms with E-state index in [9.17, 15) is 4.79 Å². The van der Waals surface area contributed by atoms with E-state index in [0.717, 1.165) is 24.6 Å². The zero-order valence-corrected chi connectivity index (χ0v) is 14.5. The van der Waals surface area contributed by atoms with Crippen LogP contribution in [0.3, 0.4) is 0 Å². The molecule has 1 aromatic rings. The number of nitrogens with one attached hydrogen (secondary N) is 2. The molecule has 2 aliphatic rings. The van der Waals surface area contributed by atoms with Crippen LogP contribution in [0.5, 0.6) is 0 Å². The Labute approximate surface area is 141 Å². The van der Waals surface area contributed by atoms with Crippen LogP contribution >= 0.6 is 23.5 Å². The van der Waals surface area contributed by atoms with Gasteiger partial charge in [0.15, 0.2) is 0 Å². The zero-order chi connectivity index (χ0) is 15.2. The van der Waals surface area contributed by atoms with Crippen molar-refractivity contribution in [3.8, 4) is 0 Å². The summed E-state index contributed by atoms with van der Waals surface area (Å²) in [5, 5.41) is 5.95. The molecule has 0 unspecified atom stereocenters. The second-order valence-corrected chi connectivity index (χ2v) is 8.74. The Hall–Kier alpha value is -0.810. The number of anilines is 1. The number of rotatable bonds is 5. The van der Waals surface area contributed by atoms with Gasteiger partial charge in [0.05, 0.1) is 4.58 Å². The summed E-state index contributed by atoms with van der Waals surface area (Å²) in [6.45, 7) is 0.782. The summed E-state index contributed by atoms with van der Waals surface area (Å²) in [6, 6.07) is 8.17. The first kappa shape index (κ1) is 16.1. The fourth-order valence-corrected chi connectivity index (χ4v) is 6.02. The van der Waals surface area contributed by atoms with E-state index in [1.54, 1.807) is 0 Å². The van der Waals surface area contributed by atoms with Gasteiger partial charge in [-0.2, -0.15) is 0 Å². The lowest BCUT2D eigenvalue weighted by Gasteiger charge is -2.13. The van der Waals surface area contributed by atoms with Gasteiger partial charge in [-0.25, -0.2) is 4.79 Å². The van der Waals surface area contributed by atoms with E-state index >= 15 is 0 Å². The Morgan fingerprint density at radius 3 is 2.73 bits per heavy atom. The van der Waals surface area contributed by atoms with E-state index in [-0.39, 0.29) is 6.03 Å². The molecule has 3 rings (SSSR count).